The molecule has 0 aliphatic rings. The van der Waals surface area contributed by atoms with Gasteiger partial charge in [-0.05, 0) is 21.8 Å². The van der Waals surface area contributed by atoms with Gasteiger partial charge in [0.15, 0.2) is 0 Å². The number of aliphatic hydroxyl groups excluding tert-OH is 2. The Balaban J connectivity index is 2.51. The molecule has 27 heavy (non-hydrogen) atoms. The first-order valence-electron chi connectivity index (χ1n) is 9.51. The summed E-state index contributed by atoms with van der Waals surface area (Å²) in [5.41, 5.74) is 0. The van der Waals surface area contributed by atoms with Gasteiger partial charge in [-0.3, -0.25) is 0 Å². The summed E-state index contributed by atoms with van der Waals surface area (Å²) in [5, 5.41) is 22.4. The third-order valence-corrected chi connectivity index (χ3v) is 10.1. The Kier molecular flexibility index (Phi) is 7.56. The van der Waals surface area contributed by atoms with Crippen LogP contribution in [0, 0.1) is 5.92 Å². The van der Waals surface area contributed by atoms with Crippen LogP contribution in [0.3, 0.4) is 0 Å². The maximum absolute atomic E-state index is 10.4. The van der Waals surface area contributed by atoms with Crippen LogP contribution in [0.2, 0.25) is 5.04 Å². The zero-order chi connectivity index (χ0) is 19.9. The quantitative estimate of drug-likeness (QED) is 0.516. The lowest BCUT2D eigenvalue weighted by molar-refractivity contribution is 0.0380. The van der Waals surface area contributed by atoms with Crippen molar-refractivity contribution in [2.24, 2.45) is 5.92 Å². The fourth-order valence-electron chi connectivity index (χ4n) is 3.64. The van der Waals surface area contributed by atoms with E-state index in [1.54, 1.807) is 6.08 Å². The molecule has 0 aliphatic carbocycles. The van der Waals surface area contributed by atoms with Gasteiger partial charge < -0.3 is 14.6 Å². The van der Waals surface area contributed by atoms with E-state index in [1.165, 1.54) is 10.4 Å². The van der Waals surface area contributed by atoms with Crippen molar-refractivity contribution in [3.8, 4) is 0 Å². The molecule has 0 amide bonds. The van der Waals surface area contributed by atoms with E-state index in [0.717, 1.165) is 0 Å². The highest BCUT2D eigenvalue weighted by molar-refractivity contribution is 6.99. The van der Waals surface area contributed by atoms with E-state index in [9.17, 15) is 10.2 Å². The van der Waals surface area contributed by atoms with E-state index in [0.29, 0.717) is 13.0 Å². The smallest absolute Gasteiger partial charge is 0.261 e. The summed E-state index contributed by atoms with van der Waals surface area (Å²) in [4.78, 5) is 0. The predicted octanol–water partition coefficient (Wildman–Crippen LogP) is 3.11. The van der Waals surface area contributed by atoms with E-state index in [4.69, 9.17) is 4.43 Å². The minimum absolute atomic E-state index is 0.118. The van der Waals surface area contributed by atoms with E-state index in [1.807, 2.05) is 36.4 Å². The average molecular weight is 385 g/mol. The van der Waals surface area contributed by atoms with Crippen LogP contribution in [-0.2, 0) is 4.43 Å². The molecule has 0 fully saturated rings. The molecule has 2 aromatic carbocycles. The summed E-state index contributed by atoms with van der Waals surface area (Å²) >= 11 is 0. The number of benzene rings is 2. The molecule has 2 atom stereocenters. The van der Waals surface area contributed by atoms with Gasteiger partial charge in [-0.15, -0.1) is 6.58 Å². The first-order valence-corrected chi connectivity index (χ1v) is 11.4. The third-order valence-electron chi connectivity index (χ3n) is 5.12. The molecule has 0 radical (unpaired) electrons. The molecule has 0 bridgehead atoms. The molecule has 0 unspecified atom stereocenters. The predicted molar refractivity (Wildman–Crippen MR) is 115 cm³/mol. The topological polar surface area (TPSA) is 49.7 Å². The molecule has 0 aromatic heterocycles. The molecule has 2 aromatic rings. The van der Waals surface area contributed by atoms with Gasteiger partial charge in [0.1, 0.15) is 0 Å². The van der Waals surface area contributed by atoms with Gasteiger partial charge in [0.05, 0.1) is 12.7 Å². The van der Waals surface area contributed by atoms with Crippen LogP contribution in [0.15, 0.2) is 73.3 Å². The molecule has 4 heteroatoms. The first-order chi connectivity index (χ1) is 12.9. The monoisotopic (exact) mass is 384 g/mol. The van der Waals surface area contributed by atoms with E-state index >= 15 is 0 Å². The molecule has 0 aliphatic heterocycles. The Bertz CT molecular complexity index is 655. The largest absolute Gasteiger partial charge is 0.407 e. The molecule has 2 N–H and O–H groups in total. The van der Waals surface area contributed by atoms with Crippen molar-refractivity contribution < 1.29 is 14.6 Å². The van der Waals surface area contributed by atoms with Crippen LogP contribution >= 0.6 is 0 Å². The second kappa shape index (κ2) is 9.47. The normalized spacial score (nSPS) is 14.6. The lowest BCUT2D eigenvalue weighted by atomic mass is 10.0. The Morgan fingerprint density at radius 2 is 1.48 bits per heavy atom. The van der Waals surface area contributed by atoms with Crippen LogP contribution in [-0.4, -0.2) is 37.8 Å². The van der Waals surface area contributed by atoms with Crippen molar-refractivity contribution in [1.82, 2.24) is 0 Å². The molecular weight excluding hydrogens is 352 g/mol. The summed E-state index contributed by atoms with van der Waals surface area (Å²) in [6.45, 7) is 10.5. The summed E-state index contributed by atoms with van der Waals surface area (Å²) < 4.78 is 6.77. The molecule has 0 saturated carbocycles. The lowest BCUT2D eigenvalue weighted by Crippen LogP contribution is -2.67. The van der Waals surface area contributed by atoms with Crippen LogP contribution in [0.5, 0.6) is 0 Å². The van der Waals surface area contributed by atoms with Gasteiger partial charge in [-0.25, -0.2) is 0 Å². The minimum Gasteiger partial charge on any atom is -0.407 e. The van der Waals surface area contributed by atoms with Gasteiger partial charge in [-0.2, -0.15) is 0 Å². The maximum Gasteiger partial charge on any atom is 0.261 e. The van der Waals surface area contributed by atoms with Crippen molar-refractivity contribution in [3.63, 3.8) is 0 Å². The van der Waals surface area contributed by atoms with Crippen molar-refractivity contribution in [3.05, 3.63) is 73.3 Å². The van der Waals surface area contributed by atoms with Crippen molar-refractivity contribution in [1.29, 1.82) is 0 Å². The number of rotatable bonds is 9. The van der Waals surface area contributed by atoms with Crippen LogP contribution in [0.4, 0.5) is 0 Å². The lowest BCUT2D eigenvalue weighted by Gasteiger charge is -2.44. The summed E-state index contributed by atoms with van der Waals surface area (Å²) in [6, 6.07) is 20.8. The molecule has 3 nitrogen and oxygen atoms in total. The highest BCUT2D eigenvalue weighted by Crippen LogP contribution is 2.37. The Hall–Kier alpha value is -1.72. The van der Waals surface area contributed by atoms with E-state index in [2.05, 4.69) is 51.6 Å². The van der Waals surface area contributed by atoms with Crippen LogP contribution in [0.25, 0.3) is 0 Å². The van der Waals surface area contributed by atoms with Gasteiger partial charge in [0, 0.05) is 12.5 Å². The second-order valence-corrected chi connectivity index (χ2v) is 12.3. The number of hydrogen-bond donors (Lipinski definition) is 2. The SMILES string of the molecule is C=CC[C@@H](O)[C@H](CO)CO[Si](c1ccccc1)(c1ccccc1)C(C)(C)C. The zero-order valence-corrected chi connectivity index (χ0v) is 17.6. The van der Waals surface area contributed by atoms with Crippen LogP contribution < -0.4 is 10.4 Å². The van der Waals surface area contributed by atoms with Crippen molar-refractivity contribution in [2.75, 3.05) is 13.2 Å². The van der Waals surface area contributed by atoms with E-state index in [-0.39, 0.29) is 17.6 Å². The van der Waals surface area contributed by atoms with E-state index < -0.39 is 14.4 Å². The number of aliphatic hydroxyl groups is 2. The molecular formula is C23H32O3Si. The third kappa shape index (κ3) is 4.77. The Labute approximate surface area is 164 Å². The summed E-state index contributed by atoms with van der Waals surface area (Å²) in [5.74, 6) is -0.343. The molecule has 0 spiro atoms. The summed E-state index contributed by atoms with van der Waals surface area (Å²) in [6.07, 6.45) is 1.46. The molecule has 146 valence electrons. The fraction of sp³-hybridized carbons (Fsp3) is 0.391. The number of hydrogen-bond acceptors (Lipinski definition) is 3. The highest BCUT2D eigenvalue weighted by atomic mass is 28.4. The Morgan fingerprint density at radius 3 is 1.85 bits per heavy atom. The second-order valence-electron chi connectivity index (χ2n) is 8.01. The fourth-order valence-corrected chi connectivity index (χ4v) is 8.26. The van der Waals surface area contributed by atoms with Gasteiger partial charge >= 0.3 is 0 Å². The van der Waals surface area contributed by atoms with Crippen LogP contribution in [0.1, 0.15) is 27.2 Å². The summed E-state index contributed by atoms with van der Waals surface area (Å²) in [7, 11) is -2.65. The molecule has 2 rings (SSSR count). The first kappa shape index (κ1) is 21.6. The van der Waals surface area contributed by atoms with Crippen molar-refractivity contribution >= 4 is 18.7 Å². The highest BCUT2D eigenvalue weighted by Gasteiger charge is 2.50. The van der Waals surface area contributed by atoms with Crippen molar-refractivity contribution in [2.45, 2.75) is 38.3 Å². The maximum atomic E-state index is 10.4. The molecule has 0 heterocycles. The Morgan fingerprint density at radius 1 is 1.00 bits per heavy atom. The zero-order valence-electron chi connectivity index (χ0n) is 16.6. The minimum atomic E-state index is -2.65. The standard InChI is InChI=1S/C23H32O3Si/c1-5-12-22(25)19(17-24)18-26-27(23(2,3)4,20-13-8-6-9-14-20)21-15-10-7-11-16-21/h5-11,13-16,19,22,24-25H,1,12,17-18H2,2-4H3/t19-,22-/m1/s1. The average Bonchev–Trinajstić information content (AvgIpc) is 2.66. The van der Waals surface area contributed by atoms with Gasteiger partial charge in [0.2, 0.25) is 0 Å². The van der Waals surface area contributed by atoms with Gasteiger partial charge in [0.25, 0.3) is 8.32 Å². The van der Waals surface area contributed by atoms with Gasteiger partial charge in [-0.1, -0.05) is 87.5 Å². The molecule has 0 saturated heterocycles.